The topological polar surface area (TPSA) is 84.5 Å². The largest absolute Gasteiger partial charge is 0.455 e. The summed E-state index contributed by atoms with van der Waals surface area (Å²) in [5.74, 6) is -0.307. The molecule has 4 nitrogen and oxygen atoms in total. The van der Waals surface area contributed by atoms with Gasteiger partial charge in [0.05, 0.1) is 0 Å². The molecule has 0 aliphatic heterocycles. The minimum atomic E-state index is -3.98. The van der Waals surface area contributed by atoms with E-state index in [0.717, 1.165) is 0 Å². The lowest BCUT2D eigenvalue weighted by Gasteiger charge is -2.05. The monoisotopic (exact) mass is 152 g/mol. The van der Waals surface area contributed by atoms with Gasteiger partial charge in [0.25, 0.3) is 0 Å². The molecular weight excluding hydrogens is 141 g/mol. The zero-order valence-corrected chi connectivity index (χ0v) is 6.26. The van der Waals surface area contributed by atoms with E-state index in [1.807, 2.05) is 0 Å². The second-order valence-electron chi connectivity index (χ2n) is 2.11. The lowest BCUT2D eigenvalue weighted by molar-refractivity contribution is 0.348. The van der Waals surface area contributed by atoms with Crippen molar-refractivity contribution in [1.82, 2.24) is 0 Å². The fourth-order valence-electron chi connectivity index (χ4n) is 0.346. The van der Waals surface area contributed by atoms with Crippen LogP contribution in [0.5, 0.6) is 0 Å². The van der Waals surface area contributed by atoms with Gasteiger partial charge >= 0.3 is 7.94 Å². The molecule has 0 saturated carbocycles. The van der Waals surface area contributed by atoms with Gasteiger partial charge in [-0.25, -0.2) is 0 Å². The molecule has 0 saturated heterocycles. The average molecular weight is 152 g/mol. The Balaban J connectivity index is 4.06. The Morgan fingerprint density at radius 3 is 1.67 bits per heavy atom. The minimum absolute atomic E-state index is 0.307. The molecule has 0 radical (unpaired) electrons. The molecule has 0 aliphatic carbocycles. The highest BCUT2D eigenvalue weighted by Crippen LogP contribution is 2.47. The third-order valence-electron chi connectivity index (χ3n) is 0.870. The molecule has 0 aromatic carbocycles. The molecule has 0 heterocycles. The Morgan fingerprint density at radius 2 is 1.67 bits per heavy atom. The van der Waals surface area contributed by atoms with Crippen LogP contribution in [0.1, 0.15) is 13.8 Å². The fraction of sp³-hybridized carbons (Fsp3) is 0.750. The molecule has 5 heteroatoms. The van der Waals surface area contributed by atoms with Crippen molar-refractivity contribution in [3.8, 4) is 0 Å². The predicted molar refractivity (Wildman–Crippen MR) is 36.1 cm³/mol. The molecule has 9 heavy (non-hydrogen) atoms. The Labute approximate surface area is 54.2 Å². The third-order valence-corrected chi connectivity index (χ3v) is 2.03. The summed E-state index contributed by atoms with van der Waals surface area (Å²) in [5.41, 5.74) is -0.387. The van der Waals surface area contributed by atoms with Crippen molar-refractivity contribution in [2.75, 3.05) is 0 Å². The molecule has 0 atom stereocenters. The molecule has 54 valence electrons. The molecule has 0 rings (SSSR count). The summed E-state index contributed by atoms with van der Waals surface area (Å²) in [7, 11) is -3.98. The van der Waals surface area contributed by atoms with Gasteiger partial charge in [0, 0.05) is 5.92 Å². The zero-order chi connectivity index (χ0) is 7.65. The lowest BCUT2D eigenvalue weighted by Crippen LogP contribution is -2.10. The highest BCUT2D eigenvalue weighted by molar-refractivity contribution is 7.76. The van der Waals surface area contributed by atoms with Gasteiger partial charge in [-0.1, -0.05) is 13.8 Å². The van der Waals surface area contributed by atoms with Crippen LogP contribution in [-0.4, -0.2) is 20.1 Å². The van der Waals surface area contributed by atoms with Gasteiger partial charge in [0.15, 0.2) is 0 Å². The Kier molecular flexibility index (Phi) is 2.70. The molecule has 4 N–H and O–H groups in total. The van der Waals surface area contributed by atoms with E-state index >= 15 is 0 Å². The Morgan fingerprint density at radius 1 is 1.33 bits per heavy atom. The van der Waals surface area contributed by atoms with E-state index in [-0.39, 0.29) is 11.4 Å². The van der Waals surface area contributed by atoms with E-state index in [9.17, 15) is 0 Å². The molecule has 0 spiro atoms. The summed E-state index contributed by atoms with van der Waals surface area (Å²) < 4.78 is 0. The van der Waals surface area contributed by atoms with Gasteiger partial charge in [0.2, 0.25) is 5.45 Å². The van der Waals surface area contributed by atoms with E-state index in [2.05, 4.69) is 0 Å². The summed E-state index contributed by atoms with van der Waals surface area (Å²) in [6.07, 6.45) is 0. The van der Waals surface area contributed by atoms with Gasteiger partial charge in [-0.3, -0.25) is 5.41 Å². The van der Waals surface area contributed by atoms with Crippen molar-refractivity contribution >= 4 is 13.4 Å². The number of hydrogen-bond donors (Lipinski definition) is 4. The average Bonchev–Trinajstić information content (AvgIpc) is 1.62. The van der Waals surface area contributed by atoms with E-state index < -0.39 is 7.94 Å². The molecule has 0 aromatic heterocycles. The van der Waals surface area contributed by atoms with Gasteiger partial charge in [-0.15, -0.1) is 0 Å². The van der Waals surface area contributed by atoms with E-state index in [0.29, 0.717) is 0 Å². The number of nitrogens with one attached hydrogen (secondary N) is 1. The molecule has 0 aromatic rings. The first-order chi connectivity index (χ1) is 3.85. The maximum Gasteiger partial charge on any atom is 0.455 e. The van der Waals surface area contributed by atoms with Gasteiger partial charge < -0.3 is 0 Å². The Hall–Kier alpha value is -0.0200. The van der Waals surface area contributed by atoms with Crippen molar-refractivity contribution < 1.29 is 14.7 Å². The summed E-state index contributed by atoms with van der Waals surface area (Å²) in [4.78, 5) is 25.4. The van der Waals surface area contributed by atoms with Crippen LogP contribution in [0.15, 0.2) is 0 Å². The SMILES string of the molecule is CC(C)C(=N)[P+](O)(O)O. The van der Waals surface area contributed by atoms with E-state index in [1.165, 1.54) is 0 Å². The van der Waals surface area contributed by atoms with Crippen LogP contribution >= 0.6 is 7.94 Å². The quantitative estimate of drug-likeness (QED) is 0.340. The molecule has 0 bridgehead atoms. The van der Waals surface area contributed by atoms with Gasteiger partial charge in [-0.05, 0) is 0 Å². The molecule has 0 aliphatic rings. The molecular formula is C4H11NO3P+. The van der Waals surface area contributed by atoms with Crippen LogP contribution in [0.2, 0.25) is 0 Å². The highest BCUT2D eigenvalue weighted by Gasteiger charge is 2.39. The van der Waals surface area contributed by atoms with Crippen LogP contribution in [-0.2, 0) is 0 Å². The van der Waals surface area contributed by atoms with Crippen molar-refractivity contribution in [2.45, 2.75) is 13.8 Å². The highest BCUT2D eigenvalue weighted by atomic mass is 31.2. The fourth-order valence-corrected chi connectivity index (χ4v) is 1.04. The second kappa shape index (κ2) is 2.71. The Bertz CT molecular complexity index is 117. The number of rotatable bonds is 2. The van der Waals surface area contributed by atoms with Gasteiger partial charge in [-0.2, -0.15) is 14.7 Å². The summed E-state index contributed by atoms with van der Waals surface area (Å²) in [6.45, 7) is 3.22. The maximum atomic E-state index is 8.45. The van der Waals surface area contributed by atoms with Crippen LogP contribution in [0.3, 0.4) is 0 Å². The zero-order valence-electron chi connectivity index (χ0n) is 5.37. The van der Waals surface area contributed by atoms with Crippen molar-refractivity contribution in [3.05, 3.63) is 0 Å². The van der Waals surface area contributed by atoms with Gasteiger partial charge in [0.1, 0.15) is 0 Å². The van der Waals surface area contributed by atoms with Crippen molar-refractivity contribution in [1.29, 1.82) is 5.41 Å². The third kappa shape index (κ3) is 2.87. The minimum Gasteiger partial charge on any atom is -0.265 e. The van der Waals surface area contributed by atoms with E-state index in [4.69, 9.17) is 20.1 Å². The predicted octanol–water partition coefficient (Wildman–Crippen LogP) is 0.359. The number of hydrogen-bond acceptors (Lipinski definition) is 4. The second-order valence-corrected chi connectivity index (χ2v) is 3.73. The van der Waals surface area contributed by atoms with Crippen molar-refractivity contribution in [3.63, 3.8) is 0 Å². The molecule has 0 unspecified atom stereocenters. The standard InChI is InChI=1S/C4H11NO3P/c1-3(2)4(5)9(6,7)8/h3,5-8H,1-2H3/q+1. The van der Waals surface area contributed by atoms with Crippen LogP contribution in [0, 0.1) is 11.3 Å². The smallest absolute Gasteiger partial charge is 0.265 e. The summed E-state index contributed by atoms with van der Waals surface area (Å²) in [6, 6.07) is 0. The summed E-state index contributed by atoms with van der Waals surface area (Å²) in [5, 5.41) is 6.89. The first-order valence-corrected chi connectivity index (χ1v) is 4.16. The molecule has 0 fully saturated rings. The van der Waals surface area contributed by atoms with Crippen molar-refractivity contribution in [2.24, 2.45) is 5.92 Å². The van der Waals surface area contributed by atoms with Crippen LogP contribution in [0.4, 0.5) is 0 Å². The van der Waals surface area contributed by atoms with Crippen LogP contribution < -0.4 is 0 Å². The lowest BCUT2D eigenvalue weighted by atomic mass is 10.2. The van der Waals surface area contributed by atoms with Crippen LogP contribution in [0.25, 0.3) is 0 Å². The molecule has 0 amide bonds. The maximum absolute atomic E-state index is 8.45. The first kappa shape index (κ1) is 8.98. The first-order valence-electron chi connectivity index (χ1n) is 2.52. The van der Waals surface area contributed by atoms with E-state index in [1.54, 1.807) is 13.8 Å². The summed E-state index contributed by atoms with van der Waals surface area (Å²) >= 11 is 0. The normalized spacial score (nSPS) is 12.2.